The highest BCUT2D eigenvalue weighted by atomic mass is 28.4. The first-order chi connectivity index (χ1) is 18.7. The normalized spacial score (nSPS) is 14.0. The molecule has 1 radical (unpaired) electrons. The standard InChI is InChI=1S/C35H41O2Si2/c1-35(2,3)39(4,5)37-34(30-21-12-7-13-22-30)28-18-27-33(29-19-10-6-11-20-29)36-38(31-23-14-8-15-24-31)32-25-16-9-17-26-32/h6-26,28,33-34H,27H2,1-5H3/b28-18+/t33-,34-/m0/s1. The summed E-state index contributed by atoms with van der Waals surface area (Å²) < 4.78 is 14.0. The lowest BCUT2D eigenvalue weighted by atomic mass is 10.0. The molecule has 0 aromatic heterocycles. The second-order valence-corrected chi connectivity index (χ2v) is 18.3. The van der Waals surface area contributed by atoms with Gasteiger partial charge >= 0.3 is 0 Å². The first-order valence-electron chi connectivity index (χ1n) is 13.8. The molecule has 0 aliphatic carbocycles. The van der Waals surface area contributed by atoms with Crippen molar-refractivity contribution in [2.24, 2.45) is 0 Å². The van der Waals surface area contributed by atoms with Crippen molar-refractivity contribution in [3.05, 3.63) is 145 Å². The van der Waals surface area contributed by atoms with Crippen molar-refractivity contribution >= 4 is 27.7 Å². The molecule has 39 heavy (non-hydrogen) atoms. The topological polar surface area (TPSA) is 18.5 Å². The van der Waals surface area contributed by atoms with E-state index in [-0.39, 0.29) is 17.2 Å². The van der Waals surface area contributed by atoms with Crippen LogP contribution in [0.25, 0.3) is 0 Å². The maximum atomic E-state index is 7.07. The van der Waals surface area contributed by atoms with Crippen LogP contribution in [-0.4, -0.2) is 17.4 Å². The molecule has 0 aliphatic heterocycles. The predicted octanol–water partition coefficient (Wildman–Crippen LogP) is 8.26. The van der Waals surface area contributed by atoms with E-state index in [0.29, 0.717) is 0 Å². The van der Waals surface area contributed by atoms with Gasteiger partial charge in [-0.25, -0.2) is 0 Å². The second-order valence-electron chi connectivity index (χ2n) is 11.5. The summed E-state index contributed by atoms with van der Waals surface area (Å²) >= 11 is 0. The third-order valence-corrected chi connectivity index (χ3v) is 14.2. The van der Waals surface area contributed by atoms with Gasteiger partial charge < -0.3 is 8.85 Å². The van der Waals surface area contributed by atoms with Crippen LogP contribution in [0.2, 0.25) is 18.1 Å². The number of rotatable bonds is 11. The molecule has 4 rings (SSSR count). The summed E-state index contributed by atoms with van der Waals surface area (Å²) in [6, 6.07) is 42.5. The van der Waals surface area contributed by atoms with E-state index in [9.17, 15) is 0 Å². The second kappa shape index (κ2) is 13.4. The van der Waals surface area contributed by atoms with E-state index in [1.807, 2.05) is 0 Å². The van der Waals surface area contributed by atoms with Crippen molar-refractivity contribution in [2.45, 2.75) is 57.5 Å². The fraction of sp³-hybridized carbons (Fsp3) is 0.257. The highest BCUT2D eigenvalue weighted by molar-refractivity contribution is 6.80. The van der Waals surface area contributed by atoms with Crippen LogP contribution in [0.1, 0.15) is 50.5 Å². The first kappa shape index (κ1) is 29.0. The largest absolute Gasteiger partial charge is 0.407 e. The molecular weight excluding hydrogens is 509 g/mol. The van der Waals surface area contributed by atoms with Crippen molar-refractivity contribution in [1.82, 2.24) is 0 Å². The summed E-state index contributed by atoms with van der Waals surface area (Å²) in [5, 5.41) is 2.63. The van der Waals surface area contributed by atoms with Gasteiger partial charge in [0.15, 0.2) is 8.32 Å². The Morgan fingerprint density at radius 1 is 0.667 bits per heavy atom. The Balaban J connectivity index is 1.63. The lowest BCUT2D eigenvalue weighted by Crippen LogP contribution is -2.45. The monoisotopic (exact) mass is 549 g/mol. The third-order valence-electron chi connectivity index (χ3n) is 7.52. The molecule has 0 saturated heterocycles. The smallest absolute Gasteiger partial charge is 0.283 e. The first-order valence-corrected chi connectivity index (χ1v) is 18.1. The molecule has 4 aromatic rings. The minimum absolute atomic E-state index is 0.0685. The minimum atomic E-state index is -1.98. The Morgan fingerprint density at radius 3 is 1.56 bits per heavy atom. The lowest BCUT2D eigenvalue weighted by Gasteiger charge is -2.38. The van der Waals surface area contributed by atoms with Crippen LogP contribution < -0.4 is 10.4 Å². The molecule has 0 N–H and O–H groups in total. The number of benzene rings is 4. The Bertz CT molecular complexity index is 1240. The molecular formula is C35H41O2Si2. The average Bonchev–Trinajstić information content (AvgIpc) is 2.95. The Morgan fingerprint density at radius 2 is 1.10 bits per heavy atom. The van der Waals surface area contributed by atoms with Crippen LogP contribution in [0.5, 0.6) is 0 Å². The summed E-state index contributed by atoms with van der Waals surface area (Å²) in [6.45, 7) is 11.5. The zero-order valence-corrected chi connectivity index (χ0v) is 25.9. The van der Waals surface area contributed by atoms with E-state index in [0.717, 1.165) is 6.42 Å². The van der Waals surface area contributed by atoms with Gasteiger partial charge in [0.1, 0.15) is 0 Å². The van der Waals surface area contributed by atoms with Gasteiger partial charge in [-0.1, -0.05) is 154 Å². The molecule has 4 heteroatoms. The van der Waals surface area contributed by atoms with E-state index < -0.39 is 17.4 Å². The fourth-order valence-electron chi connectivity index (χ4n) is 4.23. The van der Waals surface area contributed by atoms with Gasteiger partial charge in [0.05, 0.1) is 12.2 Å². The van der Waals surface area contributed by atoms with E-state index in [1.54, 1.807) is 0 Å². The van der Waals surface area contributed by atoms with Gasteiger partial charge in [-0.3, -0.25) is 0 Å². The van der Waals surface area contributed by atoms with Gasteiger partial charge in [-0.05, 0) is 46.1 Å². The molecule has 2 atom stereocenters. The molecule has 0 fully saturated rings. The third kappa shape index (κ3) is 7.99. The molecule has 2 nitrogen and oxygen atoms in total. The maximum Gasteiger partial charge on any atom is 0.283 e. The summed E-state index contributed by atoms with van der Waals surface area (Å²) in [7, 11) is -3.44. The van der Waals surface area contributed by atoms with Gasteiger partial charge in [-0.2, -0.15) is 0 Å². The molecule has 0 unspecified atom stereocenters. The zero-order chi connectivity index (χ0) is 27.7. The van der Waals surface area contributed by atoms with Crippen LogP contribution in [0.4, 0.5) is 0 Å². The summed E-state index contributed by atoms with van der Waals surface area (Å²) in [4.78, 5) is 0. The maximum absolute atomic E-state index is 7.07. The lowest BCUT2D eigenvalue weighted by molar-refractivity contribution is 0.214. The number of hydrogen-bond donors (Lipinski definition) is 0. The summed E-state index contributed by atoms with van der Waals surface area (Å²) in [5.41, 5.74) is 2.38. The van der Waals surface area contributed by atoms with Gasteiger partial charge in [-0.15, -0.1) is 0 Å². The molecule has 201 valence electrons. The quantitative estimate of drug-likeness (QED) is 0.138. The molecule has 0 amide bonds. The SMILES string of the molecule is CC(C)(C)[Si](C)(C)O[C@@H](/C=C/C[C@H](O[Si](c1ccccc1)c1ccccc1)c1ccccc1)c1ccccc1. The van der Waals surface area contributed by atoms with Crippen molar-refractivity contribution < 1.29 is 8.85 Å². The highest BCUT2D eigenvalue weighted by Gasteiger charge is 2.39. The zero-order valence-electron chi connectivity index (χ0n) is 23.9. The predicted molar refractivity (Wildman–Crippen MR) is 169 cm³/mol. The summed E-state index contributed by atoms with van der Waals surface area (Å²) in [6.07, 6.45) is 5.12. The molecule has 0 bridgehead atoms. The van der Waals surface area contributed by atoms with Crippen LogP contribution in [-0.2, 0) is 8.85 Å². The fourth-order valence-corrected chi connectivity index (χ4v) is 7.54. The van der Waals surface area contributed by atoms with E-state index >= 15 is 0 Å². The Hall–Kier alpha value is -3.03. The molecule has 4 aromatic carbocycles. The average molecular weight is 550 g/mol. The van der Waals surface area contributed by atoms with Gasteiger partial charge in [0, 0.05) is 0 Å². The molecule has 0 spiro atoms. The van der Waals surface area contributed by atoms with Gasteiger partial charge in [0.2, 0.25) is 0 Å². The molecule has 0 heterocycles. The molecule has 0 aliphatic rings. The van der Waals surface area contributed by atoms with Crippen molar-refractivity contribution in [1.29, 1.82) is 0 Å². The van der Waals surface area contributed by atoms with Crippen molar-refractivity contribution in [3.8, 4) is 0 Å². The van der Waals surface area contributed by atoms with Crippen LogP contribution >= 0.6 is 0 Å². The van der Waals surface area contributed by atoms with Crippen LogP contribution in [0.3, 0.4) is 0 Å². The Labute approximate surface area is 238 Å². The van der Waals surface area contributed by atoms with E-state index in [4.69, 9.17) is 8.85 Å². The minimum Gasteiger partial charge on any atom is -0.407 e. The van der Waals surface area contributed by atoms with E-state index in [1.165, 1.54) is 21.5 Å². The Kier molecular flexibility index (Phi) is 9.92. The highest BCUT2D eigenvalue weighted by Crippen LogP contribution is 2.40. The summed E-state index contributed by atoms with van der Waals surface area (Å²) in [5.74, 6) is 0. The van der Waals surface area contributed by atoms with Crippen molar-refractivity contribution in [3.63, 3.8) is 0 Å². The molecule has 0 saturated carbocycles. The van der Waals surface area contributed by atoms with E-state index in [2.05, 4.69) is 167 Å². The number of hydrogen-bond acceptors (Lipinski definition) is 2. The van der Waals surface area contributed by atoms with Crippen molar-refractivity contribution in [2.75, 3.05) is 0 Å². The van der Waals surface area contributed by atoms with Crippen LogP contribution in [0.15, 0.2) is 133 Å². The van der Waals surface area contributed by atoms with Gasteiger partial charge in [0.25, 0.3) is 9.04 Å². The van der Waals surface area contributed by atoms with Crippen LogP contribution in [0, 0.1) is 0 Å².